The van der Waals surface area contributed by atoms with Crippen molar-refractivity contribution in [3.05, 3.63) is 38.2 Å². The van der Waals surface area contributed by atoms with Crippen LogP contribution in [0.3, 0.4) is 0 Å². The summed E-state index contributed by atoms with van der Waals surface area (Å²) in [4.78, 5) is 11.4. The summed E-state index contributed by atoms with van der Waals surface area (Å²) in [5.74, 6) is 0.0515. The normalized spacial score (nSPS) is 9.36. The highest BCUT2D eigenvalue weighted by Gasteiger charge is 2.11. The Balaban J connectivity index is 2.72. The molecule has 5 heteroatoms. The van der Waals surface area contributed by atoms with Gasteiger partial charge in [-0.05, 0) is 59.9 Å². The molecule has 14 heavy (non-hydrogen) atoms. The van der Waals surface area contributed by atoms with Crippen LogP contribution in [0.1, 0.15) is 0 Å². The Morgan fingerprint density at radius 2 is 1.64 bits per heavy atom. The Kier molecular flexibility index (Phi) is 4.84. The van der Waals surface area contributed by atoms with Crippen LogP contribution in [0.5, 0.6) is 5.75 Å². The molecule has 1 aromatic carbocycles. The van der Waals surface area contributed by atoms with Gasteiger partial charge in [0.25, 0.3) is 0 Å². The minimum atomic E-state index is -0.458. The molecule has 0 aliphatic rings. The van der Waals surface area contributed by atoms with Crippen LogP contribution in [0.4, 0.5) is 0 Å². The molecule has 0 atom stereocenters. The van der Waals surface area contributed by atoms with Crippen molar-refractivity contribution in [1.29, 1.82) is 0 Å². The Labute approximate surface area is 107 Å². The lowest BCUT2D eigenvalue weighted by Gasteiger charge is -2.02. The van der Waals surface area contributed by atoms with Crippen molar-refractivity contribution in [2.24, 2.45) is 0 Å². The van der Waals surface area contributed by atoms with Crippen molar-refractivity contribution in [3.8, 4) is 5.75 Å². The van der Waals surface area contributed by atoms with E-state index in [1.807, 2.05) is 6.07 Å². The van der Waals surface area contributed by atoms with Crippen LogP contribution in [0.25, 0.3) is 0 Å². The number of carbonyl (C=O) groups excluding carboxylic acids is 1. The van der Waals surface area contributed by atoms with Gasteiger partial charge in [0.2, 0.25) is 0 Å². The van der Waals surface area contributed by atoms with E-state index in [2.05, 4.69) is 47.8 Å². The number of carbonyl (C=O) groups is 1. The van der Waals surface area contributed by atoms with Crippen molar-refractivity contribution in [2.75, 3.05) is 0 Å². The molecule has 0 aromatic heterocycles. The largest absolute Gasteiger partial charge is 0.423 e. The average Bonchev–Trinajstić information content (AvgIpc) is 2.18. The van der Waals surface area contributed by atoms with E-state index < -0.39 is 5.97 Å². The minimum absolute atomic E-state index is 0.307. The monoisotopic (exact) mass is 382 g/mol. The standard InChI is InChI=1S/C9H5Br3O2/c10-7(8(11)12)9(13)14-6-4-2-1-3-5-6/h1-5H. The summed E-state index contributed by atoms with van der Waals surface area (Å²) in [5, 5.41) is 0. The third kappa shape index (κ3) is 3.55. The van der Waals surface area contributed by atoms with E-state index in [0.717, 1.165) is 0 Å². The molecule has 0 radical (unpaired) electrons. The molecule has 0 aliphatic heterocycles. The summed E-state index contributed by atoms with van der Waals surface area (Å²) in [5.41, 5.74) is 0. The van der Waals surface area contributed by atoms with Crippen molar-refractivity contribution in [1.82, 2.24) is 0 Å². The van der Waals surface area contributed by atoms with Crippen LogP contribution >= 0.6 is 47.8 Å². The van der Waals surface area contributed by atoms with Crippen LogP contribution in [-0.4, -0.2) is 5.97 Å². The molecule has 0 spiro atoms. The van der Waals surface area contributed by atoms with Crippen molar-refractivity contribution < 1.29 is 9.53 Å². The molecule has 1 rings (SSSR count). The van der Waals surface area contributed by atoms with Gasteiger partial charge in [-0.15, -0.1) is 0 Å². The zero-order valence-electron chi connectivity index (χ0n) is 6.84. The summed E-state index contributed by atoms with van der Waals surface area (Å²) in [6.07, 6.45) is 0. The van der Waals surface area contributed by atoms with Gasteiger partial charge in [-0.25, -0.2) is 4.79 Å². The van der Waals surface area contributed by atoms with Gasteiger partial charge in [0, 0.05) is 0 Å². The molecular weight excluding hydrogens is 380 g/mol. The molecule has 2 nitrogen and oxygen atoms in total. The van der Waals surface area contributed by atoms with Crippen molar-refractivity contribution >= 4 is 53.8 Å². The molecule has 0 amide bonds. The Hall–Kier alpha value is -0.130. The lowest BCUT2D eigenvalue weighted by Crippen LogP contribution is -2.07. The highest BCUT2D eigenvalue weighted by Crippen LogP contribution is 2.25. The summed E-state index contributed by atoms with van der Waals surface area (Å²) < 4.78 is 5.86. The molecule has 0 unspecified atom stereocenters. The Morgan fingerprint density at radius 1 is 1.07 bits per heavy atom. The molecule has 0 saturated heterocycles. The summed E-state index contributed by atoms with van der Waals surface area (Å²) in [6, 6.07) is 8.86. The first-order chi connectivity index (χ1) is 6.61. The van der Waals surface area contributed by atoms with Gasteiger partial charge in [0.15, 0.2) is 0 Å². The number of rotatable bonds is 2. The van der Waals surface area contributed by atoms with Crippen molar-refractivity contribution in [3.63, 3.8) is 0 Å². The smallest absolute Gasteiger partial charge is 0.352 e. The van der Waals surface area contributed by atoms with Crippen LogP contribution in [0.2, 0.25) is 0 Å². The third-order valence-electron chi connectivity index (χ3n) is 1.30. The maximum atomic E-state index is 11.4. The quantitative estimate of drug-likeness (QED) is 0.438. The maximum absolute atomic E-state index is 11.4. The fourth-order valence-electron chi connectivity index (χ4n) is 0.718. The van der Waals surface area contributed by atoms with Gasteiger partial charge in [-0.2, -0.15) is 0 Å². The fourth-order valence-corrected chi connectivity index (χ4v) is 1.12. The second kappa shape index (κ2) is 5.68. The van der Waals surface area contributed by atoms with Crippen molar-refractivity contribution in [2.45, 2.75) is 0 Å². The lowest BCUT2D eigenvalue weighted by atomic mass is 10.3. The van der Waals surface area contributed by atoms with Crippen LogP contribution < -0.4 is 4.74 Å². The third-order valence-corrected chi connectivity index (χ3v) is 3.88. The van der Waals surface area contributed by atoms with Gasteiger partial charge in [0.1, 0.15) is 10.2 Å². The van der Waals surface area contributed by atoms with Gasteiger partial charge in [-0.3, -0.25) is 0 Å². The highest BCUT2D eigenvalue weighted by molar-refractivity contribution is 9.29. The van der Waals surface area contributed by atoms with E-state index in [1.54, 1.807) is 24.3 Å². The van der Waals surface area contributed by atoms with Crippen LogP contribution in [-0.2, 0) is 4.79 Å². The molecule has 0 saturated carbocycles. The predicted molar refractivity (Wildman–Crippen MR) is 65.9 cm³/mol. The second-order valence-corrected chi connectivity index (χ2v) is 5.72. The van der Waals surface area contributed by atoms with Gasteiger partial charge >= 0.3 is 5.97 Å². The van der Waals surface area contributed by atoms with E-state index >= 15 is 0 Å². The number of para-hydroxylation sites is 1. The van der Waals surface area contributed by atoms with E-state index in [1.165, 1.54) is 0 Å². The maximum Gasteiger partial charge on any atom is 0.352 e. The number of ether oxygens (including phenoxy) is 1. The topological polar surface area (TPSA) is 26.3 Å². The minimum Gasteiger partial charge on any atom is -0.423 e. The van der Waals surface area contributed by atoms with E-state index in [9.17, 15) is 4.79 Å². The Morgan fingerprint density at radius 3 is 2.14 bits per heavy atom. The number of hydrogen-bond acceptors (Lipinski definition) is 2. The molecule has 0 heterocycles. The number of halogens is 3. The highest BCUT2D eigenvalue weighted by atomic mass is 79.9. The number of esters is 1. The van der Waals surface area contributed by atoms with E-state index in [-0.39, 0.29) is 0 Å². The first-order valence-electron chi connectivity index (χ1n) is 3.59. The fraction of sp³-hybridized carbons (Fsp3) is 0. The van der Waals surface area contributed by atoms with E-state index in [4.69, 9.17) is 4.74 Å². The predicted octanol–water partition coefficient (Wildman–Crippen LogP) is 3.95. The molecular formula is C9H5Br3O2. The second-order valence-electron chi connectivity index (χ2n) is 2.28. The molecule has 1 aromatic rings. The zero-order valence-corrected chi connectivity index (χ0v) is 11.6. The van der Waals surface area contributed by atoms with E-state index in [0.29, 0.717) is 13.6 Å². The van der Waals surface area contributed by atoms with Crippen LogP contribution in [0, 0.1) is 0 Å². The van der Waals surface area contributed by atoms with Gasteiger partial charge < -0.3 is 4.74 Å². The summed E-state index contributed by atoms with van der Waals surface area (Å²) in [7, 11) is 0. The summed E-state index contributed by atoms with van der Waals surface area (Å²) >= 11 is 9.28. The first kappa shape index (κ1) is 11.9. The molecule has 0 bridgehead atoms. The summed E-state index contributed by atoms with van der Waals surface area (Å²) in [6.45, 7) is 0. The number of benzene rings is 1. The lowest BCUT2D eigenvalue weighted by molar-refractivity contribution is -0.129. The molecule has 0 aliphatic carbocycles. The van der Waals surface area contributed by atoms with Crippen LogP contribution in [0.15, 0.2) is 38.2 Å². The molecule has 0 fully saturated rings. The SMILES string of the molecule is O=C(Oc1ccccc1)C(Br)=C(Br)Br. The molecule has 0 N–H and O–H groups in total. The Bertz CT molecular complexity index is 356. The first-order valence-corrected chi connectivity index (χ1v) is 5.97. The molecule has 74 valence electrons. The van der Waals surface area contributed by atoms with Gasteiger partial charge in [0.05, 0.1) is 3.39 Å². The zero-order chi connectivity index (χ0) is 10.6. The average molecular weight is 385 g/mol. The van der Waals surface area contributed by atoms with Gasteiger partial charge in [-0.1, -0.05) is 18.2 Å². The number of hydrogen-bond donors (Lipinski definition) is 0.